The van der Waals surface area contributed by atoms with E-state index in [0.29, 0.717) is 0 Å². The van der Waals surface area contributed by atoms with Crippen LogP contribution in [0.3, 0.4) is 0 Å². The standard InChI is InChI=1S/C13H22N2S/c1-13(2,3)11-9-16-12(15-11)5-4-8-14-10-6-7-10/h9-10,14H,4-8H2,1-3H3. The summed E-state index contributed by atoms with van der Waals surface area (Å²) in [5.74, 6) is 0. The Morgan fingerprint density at radius 2 is 2.19 bits per heavy atom. The highest BCUT2D eigenvalue weighted by atomic mass is 32.1. The fraction of sp³-hybridized carbons (Fsp3) is 0.769. The zero-order chi connectivity index (χ0) is 11.6. The van der Waals surface area contributed by atoms with E-state index in [0.717, 1.165) is 19.0 Å². The van der Waals surface area contributed by atoms with Gasteiger partial charge in [-0.15, -0.1) is 11.3 Å². The zero-order valence-electron chi connectivity index (χ0n) is 10.5. The minimum absolute atomic E-state index is 0.195. The van der Waals surface area contributed by atoms with Gasteiger partial charge in [0.25, 0.3) is 0 Å². The Morgan fingerprint density at radius 3 is 2.75 bits per heavy atom. The smallest absolute Gasteiger partial charge is 0.0928 e. The summed E-state index contributed by atoms with van der Waals surface area (Å²) in [4.78, 5) is 4.70. The van der Waals surface area contributed by atoms with E-state index < -0.39 is 0 Å². The van der Waals surface area contributed by atoms with Gasteiger partial charge in [-0.25, -0.2) is 4.98 Å². The molecular weight excluding hydrogens is 216 g/mol. The number of nitrogens with zero attached hydrogens (tertiary/aromatic N) is 1. The molecule has 0 unspecified atom stereocenters. The van der Waals surface area contributed by atoms with Gasteiger partial charge < -0.3 is 5.32 Å². The van der Waals surface area contributed by atoms with Crippen molar-refractivity contribution in [3.05, 3.63) is 16.1 Å². The molecular formula is C13H22N2S. The van der Waals surface area contributed by atoms with E-state index in [2.05, 4.69) is 31.5 Å². The zero-order valence-corrected chi connectivity index (χ0v) is 11.4. The van der Waals surface area contributed by atoms with Gasteiger partial charge in [-0.2, -0.15) is 0 Å². The third-order valence-corrected chi connectivity index (χ3v) is 3.81. The Morgan fingerprint density at radius 1 is 1.44 bits per heavy atom. The molecule has 0 spiro atoms. The highest BCUT2D eigenvalue weighted by molar-refractivity contribution is 7.09. The van der Waals surface area contributed by atoms with Crippen LogP contribution in [-0.2, 0) is 11.8 Å². The van der Waals surface area contributed by atoms with Crippen LogP contribution in [-0.4, -0.2) is 17.6 Å². The molecule has 1 aromatic heterocycles. The van der Waals surface area contributed by atoms with E-state index in [1.54, 1.807) is 0 Å². The summed E-state index contributed by atoms with van der Waals surface area (Å²) in [6.07, 6.45) is 5.10. The molecule has 1 aliphatic carbocycles. The van der Waals surface area contributed by atoms with Gasteiger partial charge >= 0.3 is 0 Å². The van der Waals surface area contributed by atoms with Gasteiger partial charge in [-0.05, 0) is 25.8 Å². The Hall–Kier alpha value is -0.410. The molecule has 0 saturated heterocycles. The van der Waals surface area contributed by atoms with Crippen molar-refractivity contribution in [2.75, 3.05) is 6.54 Å². The first-order chi connectivity index (χ1) is 7.55. The molecule has 0 aliphatic heterocycles. The maximum absolute atomic E-state index is 4.70. The second-order valence-corrected chi connectivity index (χ2v) is 6.65. The summed E-state index contributed by atoms with van der Waals surface area (Å²) in [5, 5.41) is 7.05. The average Bonchev–Trinajstić information content (AvgIpc) is 2.88. The molecule has 3 heteroatoms. The van der Waals surface area contributed by atoms with Crippen molar-refractivity contribution >= 4 is 11.3 Å². The summed E-state index contributed by atoms with van der Waals surface area (Å²) < 4.78 is 0. The van der Waals surface area contributed by atoms with Gasteiger partial charge in [0.1, 0.15) is 0 Å². The molecule has 0 bridgehead atoms. The van der Waals surface area contributed by atoms with Crippen molar-refractivity contribution in [2.45, 2.75) is 57.9 Å². The van der Waals surface area contributed by atoms with E-state index in [1.807, 2.05) is 11.3 Å². The lowest BCUT2D eigenvalue weighted by Crippen LogP contribution is -2.18. The van der Waals surface area contributed by atoms with Gasteiger partial charge in [-0.1, -0.05) is 20.8 Å². The number of thiazole rings is 1. The normalized spacial score (nSPS) is 16.7. The summed E-state index contributed by atoms with van der Waals surface area (Å²) in [6, 6.07) is 0.835. The van der Waals surface area contributed by atoms with Gasteiger partial charge in [0, 0.05) is 23.3 Å². The van der Waals surface area contributed by atoms with Crippen molar-refractivity contribution in [1.29, 1.82) is 0 Å². The average molecular weight is 238 g/mol. The number of aryl methyl sites for hydroxylation is 1. The van der Waals surface area contributed by atoms with Crippen LogP contribution in [0.25, 0.3) is 0 Å². The van der Waals surface area contributed by atoms with Crippen LogP contribution in [0.4, 0.5) is 0 Å². The van der Waals surface area contributed by atoms with E-state index in [-0.39, 0.29) is 5.41 Å². The Kier molecular flexibility index (Phi) is 3.65. The monoisotopic (exact) mass is 238 g/mol. The highest BCUT2D eigenvalue weighted by Gasteiger charge is 2.20. The second kappa shape index (κ2) is 4.84. The molecule has 1 aliphatic rings. The first kappa shape index (κ1) is 12.1. The Bertz CT molecular complexity index is 334. The summed E-state index contributed by atoms with van der Waals surface area (Å²) in [6.45, 7) is 7.82. The van der Waals surface area contributed by atoms with Crippen LogP contribution in [0.2, 0.25) is 0 Å². The quantitative estimate of drug-likeness (QED) is 0.797. The fourth-order valence-electron chi connectivity index (χ4n) is 1.60. The number of rotatable bonds is 5. The van der Waals surface area contributed by atoms with E-state index >= 15 is 0 Å². The predicted molar refractivity (Wildman–Crippen MR) is 70.2 cm³/mol. The number of nitrogens with one attached hydrogen (secondary N) is 1. The number of aromatic nitrogens is 1. The maximum Gasteiger partial charge on any atom is 0.0928 e. The summed E-state index contributed by atoms with van der Waals surface area (Å²) in [5.41, 5.74) is 1.43. The fourth-order valence-corrected chi connectivity index (χ4v) is 2.67. The topological polar surface area (TPSA) is 24.9 Å². The van der Waals surface area contributed by atoms with Crippen LogP contribution in [0.15, 0.2) is 5.38 Å². The minimum atomic E-state index is 0.195. The summed E-state index contributed by atoms with van der Waals surface area (Å²) in [7, 11) is 0. The van der Waals surface area contributed by atoms with Crippen molar-refractivity contribution in [3.8, 4) is 0 Å². The largest absolute Gasteiger partial charge is 0.314 e. The molecule has 1 aromatic rings. The molecule has 1 N–H and O–H groups in total. The lowest BCUT2D eigenvalue weighted by Gasteiger charge is -2.14. The number of hydrogen-bond acceptors (Lipinski definition) is 3. The van der Waals surface area contributed by atoms with E-state index in [4.69, 9.17) is 4.98 Å². The van der Waals surface area contributed by atoms with Gasteiger partial charge in [0.15, 0.2) is 0 Å². The maximum atomic E-state index is 4.70. The van der Waals surface area contributed by atoms with Crippen molar-refractivity contribution in [2.24, 2.45) is 0 Å². The first-order valence-corrected chi connectivity index (χ1v) is 7.12. The molecule has 0 aromatic carbocycles. The third-order valence-electron chi connectivity index (χ3n) is 2.90. The highest BCUT2D eigenvalue weighted by Crippen LogP contribution is 2.24. The first-order valence-electron chi connectivity index (χ1n) is 6.24. The number of hydrogen-bond donors (Lipinski definition) is 1. The predicted octanol–water partition coefficient (Wildman–Crippen LogP) is 3.13. The molecule has 1 saturated carbocycles. The lowest BCUT2D eigenvalue weighted by atomic mass is 9.93. The van der Waals surface area contributed by atoms with Crippen LogP contribution < -0.4 is 5.32 Å². The SMILES string of the molecule is CC(C)(C)c1csc(CCCNC2CC2)n1. The van der Waals surface area contributed by atoms with Crippen LogP contribution >= 0.6 is 11.3 Å². The van der Waals surface area contributed by atoms with Gasteiger partial charge in [0.05, 0.1) is 10.7 Å². The summed E-state index contributed by atoms with van der Waals surface area (Å²) >= 11 is 1.81. The van der Waals surface area contributed by atoms with Crippen LogP contribution in [0, 0.1) is 0 Å². The van der Waals surface area contributed by atoms with Gasteiger partial charge in [-0.3, -0.25) is 0 Å². The van der Waals surface area contributed by atoms with Crippen LogP contribution in [0.5, 0.6) is 0 Å². The van der Waals surface area contributed by atoms with E-state index in [1.165, 1.54) is 30.0 Å². The van der Waals surface area contributed by atoms with Crippen molar-refractivity contribution < 1.29 is 0 Å². The lowest BCUT2D eigenvalue weighted by molar-refractivity contribution is 0.569. The Labute approximate surface area is 102 Å². The van der Waals surface area contributed by atoms with Gasteiger partial charge in [0.2, 0.25) is 0 Å². The molecule has 2 rings (SSSR count). The molecule has 90 valence electrons. The molecule has 2 nitrogen and oxygen atoms in total. The molecule has 0 radical (unpaired) electrons. The second-order valence-electron chi connectivity index (χ2n) is 5.71. The minimum Gasteiger partial charge on any atom is -0.314 e. The van der Waals surface area contributed by atoms with Crippen molar-refractivity contribution in [3.63, 3.8) is 0 Å². The molecule has 1 fully saturated rings. The van der Waals surface area contributed by atoms with Crippen molar-refractivity contribution in [1.82, 2.24) is 10.3 Å². The molecule has 0 amide bonds. The van der Waals surface area contributed by atoms with Crippen LogP contribution in [0.1, 0.15) is 50.7 Å². The van der Waals surface area contributed by atoms with E-state index in [9.17, 15) is 0 Å². The molecule has 0 atom stereocenters. The molecule has 1 heterocycles. The molecule has 16 heavy (non-hydrogen) atoms. The Balaban J connectivity index is 1.73. The third kappa shape index (κ3) is 3.56.